The molecule has 2 saturated heterocycles. The predicted octanol–water partition coefficient (Wildman–Crippen LogP) is 5.13. The molecule has 0 spiro atoms. The molecule has 35 heavy (non-hydrogen) atoms. The standard InChI is InChI=1S/C28H39N3O4/c1-19(2)35-26(32)15-23-20(3)29-17-24(27(23)31-12-10-28(4,5)11-13-31)25-9-8-21(16-30-25)34-18-22-7-6-14-33-22/h8-9,16-17,19,22H,6-7,10-15,18H2,1-5H3/t22-/m0/s1. The number of hydrogen-bond donors (Lipinski definition) is 0. The molecule has 0 bridgehead atoms. The van der Waals surface area contributed by atoms with E-state index >= 15 is 0 Å². The first-order valence-corrected chi connectivity index (χ1v) is 12.9. The number of carbonyl (C=O) groups is 1. The van der Waals surface area contributed by atoms with E-state index in [2.05, 4.69) is 23.7 Å². The molecule has 1 atom stereocenters. The highest BCUT2D eigenvalue weighted by Crippen LogP contribution is 2.39. The van der Waals surface area contributed by atoms with Crippen LogP contribution in [0.5, 0.6) is 5.75 Å². The van der Waals surface area contributed by atoms with Gasteiger partial charge in [-0.05, 0) is 64.0 Å². The summed E-state index contributed by atoms with van der Waals surface area (Å²) < 4.78 is 17.0. The van der Waals surface area contributed by atoms with Crippen molar-refractivity contribution in [1.82, 2.24) is 9.97 Å². The summed E-state index contributed by atoms with van der Waals surface area (Å²) in [6.45, 7) is 13.6. The quantitative estimate of drug-likeness (QED) is 0.484. The number of esters is 1. The number of nitrogens with zero attached hydrogens (tertiary/aromatic N) is 3. The van der Waals surface area contributed by atoms with Crippen LogP contribution in [0.1, 0.15) is 64.6 Å². The van der Waals surface area contributed by atoms with Crippen molar-refractivity contribution in [2.45, 2.75) is 78.9 Å². The van der Waals surface area contributed by atoms with Crippen molar-refractivity contribution in [2.24, 2.45) is 5.41 Å². The number of aromatic nitrogens is 2. The highest BCUT2D eigenvalue weighted by molar-refractivity contribution is 5.84. The second kappa shape index (κ2) is 10.9. The second-order valence-corrected chi connectivity index (χ2v) is 10.8. The van der Waals surface area contributed by atoms with Gasteiger partial charge < -0.3 is 19.1 Å². The van der Waals surface area contributed by atoms with E-state index in [4.69, 9.17) is 19.2 Å². The lowest BCUT2D eigenvalue weighted by atomic mass is 9.82. The second-order valence-electron chi connectivity index (χ2n) is 10.8. The van der Waals surface area contributed by atoms with Crippen LogP contribution in [0, 0.1) is 12.3 Å². The Morgan fingerprint density at radius 2 is 1.97 bits per heavy atom. The lowest BCUT2D eigenvalue weighted by molar-refractivity contribution is -0.146. The van der Waals surface area contributed by atoms with Gasteiger partial charge in [0.05, 0.1) is 36.2 Å². The van der Waals surface area contributed by atoms with E-state index in [1.54, 1.807) is 6.20 Å². The van der Waals surface area contributed by atoms with Gasteiger partial charge in [-0.15, -0.1) is 0 Å². The Labute approximate surface area is 209 Å². The van der Waals surface area contributed by atoms with Crippen LogP contribution in [0.3, 0.4) is 0 Å². The number of ether oxygens (including phenoxy) is 3. The predicted molar refractivity (Wildman–Crippen MR) is 137 cm³/mol. The van der Waals surface area contributed by atoms with E-state index in [0.29, 0.717) is 12.0 Å². The summed E-state index contributed by atoms with van der Waals surface area (Å²) in [4.78, 5) is 24.5. The number of carbonyl (C=O) groups excluding carboxylic acids is 1. The van der Waals surface area contributed by atoms with E-state index in [-0.39, 0.29) is 24.6 Å². The summed E-state index contributed by atoms with van der Waals surface area (Å²) in [6, 6.07) is 3.93. The Morgan fingerprint density at radius 1 is 1.20 bits per heavy atom. The van der Waals surface area contributed by atoms with Crippen molar-refractivity contribution in [3.63, 3.8) is 0 Å². The maximum atomic E-state index is 12.7. The van der Waals surface area contributed by atoms with Crippen molar-refractivity contribution in [1.29, 1.82) is 0 Å². The summed E-state index contributed by atoms with van der Waals surface area (Å²) in [5.74, 6) is 0.498. The molecule has 2 aliphatic heterocycles. The van der Waals surface area contributed by atoms with Gasteiger partial charge in [-0.1, -0.05) is 13.8 Å². The first kappa shape index (κ1) is 25.4. The maximum absolute atomic E-state index is 12.7. The molecule has 2 fully saturated rings. The fourth-order valence-electron chi connectivity index (χ4n) is 4.77. The zero-order chi connectivity index (χ0) is 25.0. The third kappa shape index (κ3) is 6.51. The lowest BCUT2D eigenvalue weighted by Crippen LogP contribution is -2.38. The Balaban J connectivity index is 1.63. The van der Waals surface area contributed by atoms with Crippen molar-refractivity contribution >= 4 is 11.7 Å². The van der Waals surface area contributed by atoms with Crippen molar-refractivity contribution < 1.29 is 19.0 Å². The van der Waals surface area contributed by atoms with Crippen LogP contribution in [0.4, 0.5) is 5.69 Å². The number of anilines is 1. The average Bonchev–Trinajstić information content (AvgIpc) is 3.33. The van der Waals surface area contributed by atoms with Crippen LogP contribution in [-0.4, -0.2) is 54.4 Å². The van der Waals surface area contributed by atoms with E-state index in [0.717, 1.165) is 79.3 Å². The van der Waals surface area contributed by atoms with Gasteiger partial charge in [0, 0.05) is 42.7 Å². The molecule has 0 amide bonds. The lowest BCUT2D eigenvalue weighted by Gasteiger charge is -2.40. The number of pyridine rings is 2. The molecule has 4 rings (SSSR count). The highest BCUT2D eigenvalue weighted by Gasteiger charge is 2.30. The molecule has 4 heterocycles. The first-order valence-electron chi connectivity index (χ1n) is 12.9. The molecule has 2 aromatic rings. The molecule has 0 aliphatic carbocycles. The van der Waals surface area contributed by atoms with E-state index < -0.39 is 0 Å². The minimum atomic E-state index is -0.230. The smallest absolute Gasteiger partial charge is 0.310 e. The number of hydrogen-bond acceptors (Lipinski definition) is 7. The van der Waals surface area contributed by atoms with Crippen LogP contribution in [0.15, 0.2) is 24.5 Å². The van der Waals surface area contributed by atoms with Gasteiger partial charge in [-0.3, -0.25) is 14.8 Å². The minimum absolute atomic E-state index is 0.151. The molecule has 7 nitrogen and oxygen atoms in total. The van der Waals surface area contributed by atoms with E-state index in [1.807, 2.05) is 39.1 Å². The highest BCUT2D eigenvalue weighted by atomic mass is 16.5. The van der Waals surface area contributed by atoms with Crippen LogP contribution in [0.2, 0.25) is 0 Å². The number of aryl methyl sites for hydroxylation is 1. The summed E-state index contributed by atoms with van der Waals surface area (Å²) in [5.41, 5.74) is 4.90. The molecule has 2 aliphatic rings. The Morgan fingerprint density at radius 3 is 2.60 bits per heavy atom. The maximum Gasteiger partial charge on any atom is 0.310 e. The fraction of sp³-hybridized carbons (Fsp3) is 0.607. The molecule has 0 radical (unpaired) electrons. The molecule has 190 valence electrons. The molecular weight excluding hydrogens is 442 g/mol. The monoisotopic (exact) mass is 481 g/mol. The molecule has 0 unspecified atom stereocenters. The topological polar surface area (TPSA) is 73.8 Å². The normalized spacial score (nSPS) is 19.7. The third-order valence-electron chi connectivity index (χ3n) is 6.96. The average molecular weight is 482 g/mol. The largest absolute Gasteiger partial charge is 0.489 e. The fourth-order valence-corrected chi connectivity index (χ4v) is 4.77. The third-order valence-corrected chi connectivity index (χ3v) is 6.96. The van der Waals surface area contributed by atoms with Crippen molar-refractivity contribution in [3.05, 3.63) is 35.8 Å². The molecule has 7 heteroatoms. The molecule has 0 aromatic carbocycles. The summed E-state index contributed by atoms with van der Waals surface area (Å²) in [5, 5.41) is 0. The molecule has 2 aromatic heterocycles. The van der Waals surface area contributed by atoms with Gasteiger partial charge >= 0.3 is 5.97 Å². The Bertz CT molecular complexity index is 1000. The van der Waals surface area contributed by atoms with Gasteiger partial charge in [0.2, 0.25) is 0 Å². The molecule has 0 N–H and O–H groups in total. The minimum Gasteiger partial charge on any atom is -0.489 e. The summed E-state index contributed by atoms with van der Waals surface area (Å²) in [6.07, 6.45) is 8.18. The van der Waals surface area contributed by atoms with Crippen LogP contribution in [0.25, 0.3) is 11.3 Å². The summed E-state index contributed by atoms with van der Waals surface area (Å²) in [7, 11) is 0. The van der Waals surface area contributed by atoms with Crippen LogP contribution >= 0.6 is 0 Å². The van der Waals surface area contributed by atoms with Crippen molar-refractivity contribution in [3.8, 4) is 17.0 Å². The zero-order valence-electron chi connectivity index (χ0n) is 21.8. The number of piperidine rings is 1. The summed E-state index contributed by atoms with van der Waals surface area (Å²) >= 11 is 0. The number of rotatable bonds is 8. The van der Waals surface area contributed by atoms with Gasteiger partial charge in [0.25, 0.3) is 0 Å². The zero-order valence-corrected chi connectivity index (χ0v) is 21.8. The van der Waals surface area contributed by atoms with Gasteiger partial charge in [-0.2, -0.15) is 0 Å². The van der Waals surface area contributed by atoms with E-state index in [9.17, 15) is 4.79 Å². The van der Waals surface area contributed by atoms with Gasteiger partial charge in [0.15, 0.2) is 0 Å². The molecular formula is C28H39N3O4. The first-order chi connectivity index (χ1) is 16.7. The van der Waals surface area contributed by atoms with Crippen LogP contribution in [-0.2, 0) is 20.7 Å². The van der Waals surface area contributed by atoms with Gasteiger partial charge in [0.1, 0.15) is 12.4 Å². The Kier molecular flexibility index (Phi) is 7.95. The van der Waals surface area contributed by atoms with Crippen LogP contribution < -0.4 is 9.64 Å². The SMILES string of the molecule is Cc1ncc(-c2ccc(OC[C@@H]3CCCO3)cn2)c(N2CCC(C)(C)CC2)c1CC(=O)OC(C)C. The Hall–Kier alpha value is -2.67. The molecule has 0 saturated carbocycles. The van der Waals surface area contributed by atoms with Crippen molar-refractivity contribution in [2.75, 3.05) is 31.2 Å². The van der Waals surface area contributed by atoms with Gasteiger partial charge in [-0.25, -0.2) is 0 Å². The van der Waals surface area contributed by atoms with E-state index in [1.165, 1.54) is 0 Å².